The number of hydrogen-bond acceptors (Lipinski definition) is 3. The molecular formula is C15H14FN3O. The van der Waals surface area contributed by atoms with E-state index in [0.717, 1.165) is 18.5 Å². The van der Waals surface area contributed by atoms with Crippen LogP contribution in [0.4, 0.5) is 10.1 Å². The van der Waals surface area contributed by atoms with Crippen molar-refractivity contribution < 1.29 is 9.18 Å². The number of nitrogens with zero attached hydrogens (tertiary/aromatic N) is 1. The molecule has 1 aliphatic heterocycles. The molecule has 1 amide bonds. The van der Waals surface area contributed by atoms with Gasteiger partial charge in [-0.25, -0.2) is 4.98 Å². The van der Waals surface area contributed by atoms with E-state index in [-0.39, 0.29) is 11.9 Å². The number of halogens is 1. The second-order valence-corrected chi connectivity index (χ2v) is 4.69. The lowest BCUT2D eigenvalue weighted by Crippen LogP contribution is -2.38. The van der Waals surface area contributed by atoms with Crippen LogP contribution in [0.3, 0.4) is 0 Å². The van der Waals surface area contributed by atoms with E-state index in [0.29, 0.717) is 5.69 Å². The minimum Gasteiger partial charge on any atom is -0.323 e. The lowest BCUT2D eigenvalue weighted by Gasteiger charge is -2.25. The van der Waals surface area contributed by atoms with Crippen molar-refractivity contribution in [1.82, 2.24) is 10.3 Å². The summed E-state index contributed by atoms with van der Waals surface area (Å²) in [6.07, 6.45) is 2.22. The third-order valence-corrected chi connectivity index (χ3v) is 3.37. The fourth-order valence-corrected chi connectivity index (χ4v) is 2.40. The summed E-state index contributed by atoms with van der Waals surface area (Å²) in [6, 6.07) is 10.2. The van der Waals surface area contributed by atoms with E-state index < -0.39 is 5.95 Å². The Labute approximate surface area is 116 Å². The standard InChI is InChI=1S/C15H14FN3O/c16-13-6-5-11(9-18-13)19-15(20)14-12-4-2-1-3-10(12)7-8-17-14/h1-6,9,14,17H,7-8H2,(H,19,20). The van der Waals surface area contributed by atoms with Gasteiger partial charge in [0.15, 0.2) is 0 Å². The summed E-state index contributed by atoms with van der Waals surface area (Å²) in [5, 5.41) is 5.95. The van der Waals surface area contributed by atoms with Gasteiger partial charge in [0.05, 0.1) is 11.9 Å². The Hall–Kier alpha value is -2.27. The maximum atomic E-state index is 12.7. The zero-order valence-corrected chi connectivity index (χ0v) is 10.8. The monoisotopic (exact) mass is 271 g/mol. The SMILES string of the molecule is O=C(Nc1ccc(F)nc1)C1NCCc2ccccc21. The fourth-order valence-electron chi connectivity index (χ4n) is 2.40. The van der Waals surface area contributed by atoms with Gasteiger partial charge in [-0.1, -0.05) is 24.3 Å². The summed E-state index contributed by atoms with van der Waals surface area (Å²) >= 11 is 0. The average Bonchev–Trinajstić information content (AvgIpc) is 2.49. The molecule has 0 aliphatic carbocycles. The molecule has 0 spiro atoms. The molecule has 20 heavy (non-hydrogen) atoms. The molecule has 3 rings (SSSR count). The summed E-state index contributed by atoms with van der Waals surface area (Å²) in [5.74, 6) is -0.727. The molecule has 1 aromatic heterocycles. The maximum Gasteiger partial charge on any atom is 0.246 e. The number of hydrogen-bond donors (Lipinski definition) is 2. The van der Waals surface area contributed by atoms with E-state index in [2.05, 4.69) is 15.6 Å². The largest absolute Gasteiger partial charge is 0.323 e. The number of anilines is 1. The molecule has 102 valence electrons. The zero-order chi connectivity index (χ0) is 13.9. The van der Waals surface area contributed by atoms with Crippen LogP contribution in [0.2, 0.25) is 0 Å². The van der Waals surface area contributed by atoms with Crippen LogP contribution in [-0.4, -0.2) is 17.4 Å². The highest BCUT2D eigenvalue weighted by Crippen LogP contribution is 2.23. The Kier molecular flexibility index (Phi) is 3.43. The molecule has 0 saturated carbocycles. The number of carbonyl (C=O) groups is 1. The quantitative estimate of drug-likeness (QED) is 0.822. The maximum absolute atomic E-state index is 12.7. The molecule has 5 heteroatoms. The van der Waals surface area contributed by atoms with E-state index in [1.807, 2.05) is 24.3 Å². The van der Waals surface area contributed by atoms with E-state index in [1.54, 1.807) is 0 Å². The molecule has 4 nitrogen and oxygen atoms in total. The van der Waals surface area contributed by atoms with Gasteiger partial charge < -0.3 is 10.6 Å². The first-order chi connectivity index (χ1) is 9.74. The molecule has 2 N–H and O–H groups in total. The van der Waals surface area contributed by atoms with Gasteiger partial charge in [-0.2, -0.15) is 4.39 Å². The van der Waals surface area contributed by atoms with Crippen LogP contribution in [0.5, 0.6) is 0 Å². The summed E-state index contributed by atoms with van der Waals surface area (Å²) in [5.41, 5.74) is 2.66. The highest BCUT2D eigenvalue weighted by molar-refractivity contribution is 5.95. The predicted octanol–water partition coefficient (Wildman–Crippen LogP) is 2.05. The van der Waals surface area contributed by atoms with Crippen molar-refractivity contribution in [1.29, 1.82) is 0 Å². The van der Waals surface area contributed by atoms with Gasteiger partial charge in [0, 0.05) is 6.54 Å². The van der Waals surface area contributed by atoms with Gasteiger partial charge in [-0.3, -0.25) is 4.79 Å². The second-order valence-electron chi connectivity index (χ2n) is 4.69. The number of aromatic nitrogens is 1. The van der Waals surface area contributed by atoms with Crippen molar-refractivity contribution in [3.05, 3.63) is 59.7 Å². The molecule has 2 aromatic rings. The highest BCUT2D eigenvalue weighted by atomic mass is 19.1. The van der Waals surface area contributed by atoms with Crippen molar-refractivity contribution >= 4 is 11.6 Å². The van der Waals surface area contributed by atoms with Crippen molar-refractivity contribution in [2.45, 2.75) is 12.5 Å². The summed E-state index contributed by atoms with van der Waals surface area (Å²) in [7, 11) is 0. The van der Waals surface area contributed by atoms with Gasteiger partial charge in [-0.05, 0) is 29.7 Å². The first kappa shape index (κ1) is 12.7. The van der Waals surface area contributed by atoms with Crippen LogP contribution in [0, 0.1) is 5.95 Å². The number of pyridine rings is 1. The van der Waals surface area contributed by atoms with Crippen LogP contribution in [0.25, 0.3) is 0 Å². The Morgan fingerprint density at radius 3 is 2.95 bits per heavy atom. The van der Waals surface area contributed by atoms with Crippen LogP contribution in [0.1, 0.15) is 17.2 Å². The molecule has 2 heterocycles. The topological polar surface area (TPSA) is 54.0 Å². The van der Waals surface area contributed by atoms with Gasteiger partial charge in [0.25, 0.3) is 0 Å². The number of rotatable bonds is 2. The minimum atomic E-state index is -0.566. The Morgan fingerprint density at radius 2 is 2.15 bits per heavy atom. The third kappa shape index (κ3) is 2.53. The Bertz CT molecular complexity index is 627. The van der Waals surface area contributed by atoms with E-state index in [1.165, 1.54) is 23.9 Å². The molecular weight excluding hydrogens is 257 g/mol. The number of fused-ring (bicyclic) bond motifs is 1. The first-order valence-corrected chi connectivity index (χ1v) is 6.47. The van der Waals surface area contributed by atoms with E-state index in [4.69, 9.17) is 0 Å². The predicted molar refractivity (Wildman–Crippen MR) is 73.7 cm³/mol. The molecule has 0 radical (unpaired) electrons. The third-order valence-electron chi connectivity index (χ3n) is 3.37. The van der Waals surface area contributed by atoms with Gasteiger partial charge in [0.1, 0.15) is 6.04 Å². The average molecular weight is 271 g/mol. The van der Waals surface area contributed by atoms with Gasteiger partial charge >= 0.3 is 0 Å². The van der Waals surface area contributed by atoms with Crippen LogP contribution in [-0.2, 0) is 11.2 Å². The molecule has 1 unspecified atom stereocenters. The Balaban J connectivity index is 1.80. The Morgan fingerprint density at radius 1 is 1.30 bits per heavy atom. The van der Waals surface area contributed by atoms with Crippen molar-refractivity contribution in [3.63, 3.8) is 0 Å². The van der Waals surface area contributed by atoms with Crippen LogP contribution < -0.4 is 10.6 Å². The molecule has 0 fully saturated rings. The number of nitrogens with one attached hydrogen (secondary N) is 2. The number of carbonyl (C=O) groups excluding carboxylic acids is 1. The van der Waals surface area contributed by atoms with E-state index in [9.17, 15) is 9.18 Å². The van der Waals surface area contributed by atoms with Crippen molar-refractivity contribution in [3.8, 4) is 0 Å². The van der Waals surface area contributed by atoms with Crippen LogP contribution in [0.15, 0.2) is 42.6 Å². The minimum absolute atomic E-state index is 0.162. The van der Waals surface area contributed by atoms with Crippen molar-refractivity contribution in [2.24, 2.45) is 0 Å². The van der Waals surface area contributed by atoms with E-state index >= 15 is 0 Å². The normalized spacial score (nSPS) is 17.4. The van der Waals surface area contributed by atoms with Gasteiger partial charge in [0.2, 0.25) is 11.9 Å². The summed E-state index contributed by atoms with van der Waals surface area (Å²) < 4.78 is 12.7. The molecule has 1 aromatic carbocycles. The van der Waals surface area contributed by atoms with Gasteiger partial charge in [-0.15, -0.1) is 0 Å². The smallest absolute Gasteiger partial charge is 0.246 e. The lowest BCUT2D eigenvalue weighted by molar-refractivity contribution is -0.118. The fraction of sp³-hybridized carbons (Fsp3) is 0.200. The summed E-state index contributed by atoms with van der Waals surface area (Å²) in [4.78, 5) is 15.8. The summed E-state index contributed by atoms with van der Waals surface area (Å²) in [6.45, 7) is 0.761. The van der Waals surface area contributed by atoms with Crippen LogP contribution >= 0.6 is 0 Å². The van der Waals surface area contributed by atoms with Crippen molar-refractivity contribution in [2.75, 3.05) is 11.9 Å². The second kappa shape index (κ2) is 5.38. The molecule has 1 aliphatic rings. The first-order valence-electron chi connectivity index (χ1n) is 6.47. The molecule has 1 atom stereocenters. The molecule has 0 bridgehead atoms. The number of benzene rings is 1. The highest BCUT2D eigenvalue weighted by Gasteiger charge is 2.25. The zero-order valence-electron chi connectivity index (χ0n) is 10.8. The molecule has 0 saturated heterocycles. The lowest BCUT2D eigenvalue weighted by atomic mass is 9.94. The number of amides is 1.